The van der Waals surface area contributed by atoms with Crippen molar-refractivity contribution in [1.82, 2.24) is 0 Å². The van der Waals surface area contributed by atoms with E-state index in [1.165, 1.54) is 0 Å². The van der Waals surface area contributed by atoms with Crippen LogP contribution in [0.2, 0.25) is 0 Å². The fourth-order valence-corrected chi connectivity index (χ4v) is 0.368. The van der Waals surface area contributed by atoms with E-state index in [0.29, 0.717) is 6.42 Å². The molecule has 0 heterocycles. The Hall–Kier alpha value is -0.790. The molecule has 0 amide bonds. The molecule has 0 N–H and O–H groups in total. The zero-order chi connectivity index (χ0) is 6.41. The molecule has 0 aromatic carbocycles. The molecule has 0 aliphatic rings. The van der Waals surface area contributed by atoms with E-state index in [2.05, 4.69) is 0 Å². The zero-order valence-corrected chi connectivity index (χ0v) is 4.89. The molecule has 0 unspecified atom stereocenters. The second-order valence-corrected chi connectivity index (χ2v) is 1.48. The van der Waals surface area contributed by atoms with Gasteiger partial charge in [0.2, 0.25) is 0 Å². The Morgan fingerprint density at radius 1 is 1.62 bits per heavy atom. The van der Waals surface area contributed by atoms with Crippen LogP contribution in [0.1, 0.15) is 19.8 Å². The van der Waals surface area contributed by atoms with E-state index in [0.717, 1.165) is 0 Å². The SMILES string of the molecule is CC=CCCC([O])=O. The van der Waals surface area contributed by atoms with Gasteiger partial charge in [-0.05, 0) is 13.3 Å². The molecule has 0 aliphatic carbocycles. The van der Waals surface area contributed by atoms with Crippen molar-refractivity contribution < 1.29 is 9.90 Å². The van der Waals surface area contributed by atoms with E-state index in [9.17, 15) is 9.90 Å². The topological polar surface area (TPSA) is 37.0 Å². The molecule has 8 heavy (non-hydrogen) atoms. The van der Waals surface area contributed by atoms with Crippen molar-refractivity contribution in [2.45, 2.75) is 19.8 Å². The summed E-state index contributed by atoms with van der Waals surface area (Å²) < 4.78 is 0. The van der Waals surface area contributed by atoms with E-state index in [1.54, 1.807) is 6.08 Å². The van der Waals surface area contributed by atoms with Crippen molar-refractivity contribution in [1.29, 1.82) is 0 Å². The van der Waals surface area contributed by atoms with Crippen molar-refractivity contribution in [3.8, 4) is 0 Å². The smallest absolute Gasteiger partial charge is 0.247 e. The first kappa shape index (κ1) is 7.21. The maximum absolute atomic E-state index is 9.73. The van der Waals surface area contributed by atoms with Gasteiger partial charge in [0.05, 0.1) is 6.42 Å². The second kappa shape index (κ2) is 4.37. The van der Waals surface area contributed by atoms with Gasteiger partial charge < -0.3 is 0 Å². The highest BCUT2D eigenvalue weighted by atomic mass is 16.4. The van der Waals surface area contributed by atoms with Crippen LogP contribution < -0.4 is 0 Å². The minimum atomic E-state index is -0.983. The lowest BCUT2D eigenvalue weighted by Gasteiger charge is -1.80. The Bertz CT molecular complexity index is 94.7. The Labute approximate surface area is 48.8 Å². The molecule has 0 rings (SSSR count). The average Bonchev–Trinajstić information content (AvgIpc) is 1.66. The third-order valence-corrected chi connectivity index (χ3v) is 0.751. The van der Waals surface area contributed by atoms with Crippen molar-refractivity contribution >= 4 is 5.97 Å². The monoisotopic (exact) mass is 113 g/mol. The van der Waals surface area contributed by atoms with Gasteiger partial charge in [-0.15, -0.1) is 0 Å². The lowest BCUT2D eigenvalue weighted by molar-refractivity contribution is -0.142. The van der Waals surface area contributed by atoms with Gasteiger partial charge in [-0.25, -0.2) is 9.90 Å². The van der Waals surface area contributed by atoms with Crippen LogP contribution in [0.5, 0.6) is 0 Å². The molecule has 45 valence electrons. The van der Waals surface area contributed by atoms with Crippen molar-refractivity contribution in [3.63, 3.8) is 0 Å². The van der Waals surface area contributed by atoms with Gasteiger partial charge >= 0.3 is 5.97 Å². The quantitative estimate of drug-likeness (QED) is 0.508. The van der Waals surface area contributed by atoms with E-state index in [4.69, 9.17) is 0 Å². The first-order valence-electron chi connectivity index (χ1n) is 2.58. The molecule has 2 nitrogen and oxygen atoms in total. The Morgan fingerprint density at radius 3 is 2.62 bits per heavy atom. The predicted octanol–water partition coefficient (Wildman–Crippen LogP) is 1.30. The summed E-state index contributed by atoms with van der Waals surface area (Å²) in [6.45, 7) is 1.86. The number of carbonyl (C=O) groups excluding carboxylic acids is 1. The van der Waals surface area contributed by atoms with E-state index in [1.807, 2.05) is 13.0 Å². The maximum Gasteiger partial charge on any atom is 0.355 e. The fourth-order valence-electron chi connectivity index (χ4n) is 0.368. The minimum Gasteiger partial charge on any atom is -0.247 e. The first-order chi connectivity index (χ1) is 3.77. The molecule has 1 radical (unpaired) electrons. The Balaban J connectivity index is 3.05. The minimum absolute atomic E-state index is 0.129. The van der Waals surface area contributed by atoms with E-state index >= 15 is 0 Å². The third kappa shape index (κ3) is 5.21. The van der Waals surface area contributed by atoms with Crippen LogP contribution in [-0.2, 0) is 9.90 Å². The van der Waals surface area contributed by atoms with Gasteiger partial charge in [0.1, 0.15) is 0 Å². The maximum atomic E-state index is 9.73. The van der Waals surface area contributed by atoms with Crippen LogP contribution in [0.4, 0.5) is 0 Å². The lowest BCUT2D eigenvalue weighted by atomic mass is 10.3. The molecule has 0 fully saturated rings. The van der Waals surface area contributed by atoms with Gasteiger partial charge in [-0.1, -0.05) is 12.2 Å². The molecule has 0 aliphatic heterocycles. The van der Waals surface area contributed by atoms with Gasteiger partial charge in [0.15, 0.2) is 0 Å². The fraction of sp³-hybridized carbons (Fsp3) is 0.500. The molecule has 0 saturated heterocycles. The molecule has 2 heteroatoms. The molecule has 0 aromatic heterocycles. The summed E-state index contributed by atoms with van der Waals surface area (Å²) in [5.74, 6) is -0.983. The molecular formula is C6H9O2. The first-order valence-corrected chi connectivity index (χ1v) is 2.58. The summed E-state index contributed by atoms with van der Waals surface area (Å²) in [5, 5.41) is 9.73. The van der Waals surface area contributed by atoms with Crippen molar-refractivity contribution in [3.05, 3.63) is 12.2 Å². The summed E-state index contributed by atoms with van der Waals surface area (Å²) in [7, 11) is 0. The van der Waals surface area contributed by atoms with Gasteiger partial charge in [0, 0.05) is 0 Å². The lowest BCUT2D eigenvalue weighted by Crippen LogP contribution is -1.88. The summed E-state index contributed by atoms with van der Waals surface area (Å²) in [6, 6.07) is 0. The normalized spacial score (nSPS) is 10.1. The van der Waals surface area contributed by atoms with Crippen LogP contribution in [0, 0.1) is 0 Å². The summed E-state index contributed by atoms with van der Waals surface area (Å²) >= 11 is 0. The largest absolute Gasteiger partial charge is 0.355 e. The molecule has 0 bridgehead atoms. The average molecular weight is 113 g/mol. The predicted molar refractivity (Wildman–Crippen MR) is 29.7 cm³/mol. The third-order valence-electron chi connectivity index (χ3n) is 0.751. The molecule has 0 saturated carbocycles. The zero-order valence-electron chi connectivity index (χ0n) is 4.89. The van der Waals surface area contributed by atoms with Crippen molar-refractivity contribution in [2.75, 3.05) is 0 Å². The van der Waals surface area contributed by atoms with Gasteiger partial charge in [-0.3, -0.25) is 0 Å². The van der Waals surface area contributed by atoms with Crippen LogP contribution in [-0.4, -0.2) is 5.97 Å². The summed E-state index contributed by atoms with van der Waals surface area (Å²) in [5.41, 5.74) is 0. The molecule has 0 spiro atoms. The van der Waals surface area contributed by atoms with Gasteiger partial charge in [0.25, 0.3) is 0 Å². The number of rotatable bonds is 3. The number of hydrogen-bond donors (Lipinski definition) is 0. The highest BCUT2D eigenvalue weighted by molar-refractivity contribution is 5.66. The Morgan fingerprint density at radius 2 is 2.25 bits per heavy atom. The van der Waals surface area contributed by atoms with Crippen LogP contribution in [0.15, 0.2) is 12.2 Å². The van der Waals surface area contributed by atoms with Crippen molar-refractivity contribution in [2.24, 2.45) is 0 Å². The highest BCUT2D eigenvalue weighted by Crippen LogP contribution is 1.89. The van der Waals surface area contributed by atoms with E-state index in [-0.39, 0.29) is 6.42 Å². The van der Waals surface area contributed by atoms with Gasteiger partial charge in [-0.2, -0.15) is 0 Å². The standard InChI is InChI=1S/C6H9O2/c1-2-3-4-5-6(7)8/h2-3H,4-5H2,1H3. The van der Waals surface area contributed by atoms with Crippen LogP contribution >= 0.6 is 0 Å². The number of carbonyl (C=O) groups is 1. The summed E-state index contributed by atoms with van der Waals surface area (Å²) in [6.07, 6.45) is 4.34. The molecular weight excluding hydrogens is 104 g/mol. The Kier molecular flexibility index (Phi) is 3.94. The van der Waals surface area contributed by atoms with Crippen LogP contribution in [0.25, 0.3) is 0 Å². The summed E-state index contributed by atoms with van der Waals surface area (Å²) in [4.78, 5) is 9.73. The van der Waals surface area contributed by atoms with Crippen LogP contribution in [0.3, 0.4) is 0 Å². The second-order valence-electron chi connectivity index (χ2n) is 1.48. The molecule has 0 atom stereocenters. The number of hydrogen-bond acceptors (Lipinski definition) is 1. The highest BCUT2D eigenvalue weighted by Gasteiger charge is 1.93. The van der Waals surface area contributed by atoms with E-state index < -0.39 is 5.97 Å². The number of allylic oxidation sites excluding steroid dienone is 2. The molecule has 0 aromatic rings.